The van der Waals surface area contributed by atoms with E-state index < -0.39 is 4.92 Å². The van der Waals surface area contributed by atoms with E-state index in [1.165, 1.54) is 6.07 Å². The summed E-state index contributed by atoms with van der Waals surface area (Å²) in [4.78, 5) is 14.6. The average molecular weight is 279 g/mol. The number of pyridine rings is 1. The van der Waals surface area contributed by atoms with Gasteiger partial charge >= 0.3 is 0 Å². The molecule has 0 aliphatic carbocycles. The number of nitro groups is 1. The van der Waals surface area contributed by atoms with E-state index in [0.29, 0.717) is 11.5 Å². The van der Waals surface area contributed by atoms with Gasteiger partial charge in [0.2, 0.25) is 0 Å². The van der Waals surface area contributed by atoms with Gasteiger partial charge in [0.05, 0.1) is 22.2 Å². The Kier molecular flexibility index (Phi) is 3.46. The highest BCUT2D eigenvalue weighted by molar-refractivity contribution is 5.46. The molecular formula is C14H21N3O3. The normalized spacial score (nSPS) is 23.6. The zero-order chi connectivity index (χ0) is 15.1. The van der Waals surface area contributed by atoms with Gasteiger partial charge in [-0.2, -0.15) is 0 Å². The van der Waals surface area contributed by atoms with Crippen LogP contribution in [0.1, 0.15) is 39.8 Å². The third-order valence-corrected chi connectivity index (χ3v) is 3.65. The smallest absolute Gasteiger partial charge is 0.290 e. The second-order valence-corrected chi connectivity index (χ2v) is 6.42. The summed E-state index contributed by atoms with van der Waals surface area (Å²) in [6, 6.07) is 3.25. The number of nitrogens with one attached hydrogen (secondary N) is 1. The van der Waals surface area contributed by atoms with Crippen molar-refractivity contribution in [3.63, 3.8) is 0 Å². The Balaban J connectivity index is 2.19. The molecule has 6 heteroatoms. The molecule has 1 aliphatic heterocycles. The van der Waals surface area contributed by atoms with Gasteiger partial charge in [0.15, 0.2) is 0 Å². The minimum Gasteiger partial charge on any atom is -0.367 e. The van der Waals surface area contributed by atoms with Gasteiger partial charge in [-0.25, -0.2) is 4.98 Å². The van der Waals surface area contributed by atoms with Crippen molar-refractivity contribution in [3.05, 3.63) is 27.9 Å². The highest BCUT2D eigenvalue weighted by atomic mass is 16.6. The predicted molar refractivity (Wildman–Crippen MR) is 76.9 cm³/mol. The van der Waals surface area contributed by atoms with E-state index in [0.717, 1.165) is 6.42 Å². The molecule has 110 valence electrons. The lowest BCUT2D eigenvalue weighted by Gasteiger charge is -2.28. The Hall–Kier alpha value is -1.69. The standard InChI is InChI=1S/C14H21N3O3/c1-9-10(17(18)19)6-7-12(15-9)16-11-8-13(2,3)20-14(11,4)5/h6-7,11H,8H2,1-5H3,(H,15,16). The second kappa shape index (κ2) is 4.70. The topological polar surface area (TPSA) is 77.3 Å². The highest BCUT2D eigenvalue weighted by Gasteiger charge is 2.46. The minimum atomic E-state index is -0.419. The molecule has 0 bridgehead atoms. The van der Waals surface area contributed by atoms with Gasteiger partial charge in [0.25, 0.3) is 5.69 Å². The van der Waals surface area contributed by atoms with E-state index in [-0.39, 0.29) is 22.9 Å². The van der Waals surface area contributed by atoms with Crippen molar-refractivity contribution in [2.45, 2.75) is 58.3 Å². The summed E-state index contributed by atoms with van der Waals surface area (Å²) in [5, 5.41) is 14.1. The minimum absolute atomic E-state index is 0.0396. The van der Waals surface area contributed by atoms with Crippen molar-refractivity contribution in [2.24, 2.45) is 0 Å². The summed E-state index contributed by atoms with van der Waals surface area (Å²) < 4.78 is 6.01. The zero-order valence-corrected chi connectivity index (χ0v) is 12.6. The Morgan fingerprint density at radius 1 is 1.40 bits per heavy atom. The van der Waals surface area contributed by atoms with Gasteiger partial charge < -0.3 is 10.1 Å². The largest absolute Gasteiger partial charge is 0.367 e. The summed E-state index contributed by atoms with van der Waals surface area (Å²) in [5.74, 6) is 0.646. The van der Waals surface area contributed by atoms with Gasteiger partial charge in [-0.1, -0.05) is 0 Å². The Morgan fingerprint density at radius 3 is 2.50 bits per heavy atom. The van der Waals surface area contributed by atoms with E-state index >= 15 is 0 Å². The first-order chi connectivity index (χ1) is 9.11. The maximum Gasteiger partial charge on any atom is 0.290 e. The predicted octanol–water partition coefficient (Wildman–Crippen LogP) is 3.06. The van der Waals surface area contributed by atoms with Gasteiger partial charge in [0.1, 0.15) is 11.5 Å². The second-order valence-electron chi connectivity index (χ2n) is 6.42. The molecule has 1 aromatic heterocycles. The molecule has 1 aromatic rings. The third-order valence-electron chi connectivity index (χ3n) is 3.65. The molecule has 6 nitrogen and oxygen atoms in total. The molecule has 2 rings (SSSR count). The molecule has 1 atom stereocenters. The van der Waals surface area contributed by atoms with Crippen LogP contribution in [0.3, 0.4) is 0 Å². The Bertz CT molecular complexity index is 540. The number of ether oxygens (including phenoxy) is 1. The van der Waals surface area contributed by atoms with E-state index in [9.17, 15) is 10.1 Å². The molecule has 1 aliphatic rings. The Morgan fingerprint density at radius 2 is 2.05 bits per heavy atom. The molecule has 0 saturated carbocycles. The number of rotatable bonds is 3. The molecular weight excluding hydrogens is 258 g/mol. The molecule has 1 unspecified atom stereocenters. The lowest BCUT2D eigenvalue weighted by molar-refractivity contribution is -0.385. The molecule has 0 radical (unpaired) electrons. The summed E-state index contributed by atoms with van der Waals surface area (Å²) in [6.45, 7) is 9.84. The van der Waals surface area contributed by atoms with Crippen LogP contribution in [0, 0.1) is 17.0 Å². The number of anilines is 1. The maximum absolute atomic E-state index is 10.8. The van der Waals surface area contributed by atoms with Crippen molar-refractivity contribution in [3.8, 4) is 0 Å². The fourth-order valence-corrected chi connectivity index (χ4v) is 2.79. The van der Waals surface area contributed by atoms with Crippen molar-refractivity contribution >= 4 is 11.5 Å². The molecule has 0 aromatic carbocycles. The highest BCUT2D eigenvalue weighted by Crippen LogP contribution is 2.38. The number of hydrogen-bond acceptors (Lipinski definition) is 5. The van der Waals surface area contributed by atoms with Crippen molar-refractivity contribution in [1.82, 2.24) is 4.98 Å². The maximum atomic E-state index is 10.8. The quantitative estimate of drug-likeness (QED) is 0.679. The van der Waals surface area contributed by atoms with Crippen molar-refractivity contribution in [2.75, 3.05) is 5.32 Å². The molecule has 0 spiro atoms. The van der Waals surface area contributed by atoms with Crippen LogP contribution < -0.4 is 5.32 Å². The number of nitrogens with zero attached hydrogens (tertiary/aromatic N) is 2. The lowest BCUT2D eigenvalue weighted by atomic mass is 9.94. The van der Waals surface area contributed by atoms with E-state index in [1.807, 2.05) is 13.8 Å². The van der Waals surface area contributed by atoms with Gasteiger partial charge in [-0.3, -0.25) is 10.1 Å². The molecule has 0 amide bonds. The third kappa shape index (κ3) is 2.90. The first kappa shape index (κ1) is 14.7. The van der Waals surface area contributed by atoms with Crippen LogP contribution in [-0.2, 0) is 4.74 Å². The Labute approximate surface area is 118 Å². The SMILES string of the molecule is Cc1nc(NC2CC(C)(C)OC2(C)C)ccc1[N+](=O)[O-]. The molecule has 2 heterocycles. The van der Waals surface area contributed by atoms with Crippen LogP contribution in [0.5, 0.6) is 0 Å². The van der Waals surface area contributed by atoms with Gasteiger partial charge in [-0.05, 0) is 47.1 Å². The lowest BCUT2D eigenvalue weighted by Crippen LogP contribution is -2.38. The van der Waals surface area contributed by atoms with Gasteiger partial charge in [0, 0.05) is 6.07 Å². The monoisotopic (exact) mass is 279 g/mol. The fourth-order valence-electron chi connectivity index (χ4n) is 2.79. The fraction of sp³-hybridized carbons (Fsp3) is 0.643. The summed E-state index contributed by atoms with van der Waals surface area (Å²) in [7, 11) is 0. The summed E-state index contributed by atoms with van der Waals surface area (Å²) >= 11 is 0. The summed E-state index contributed by atoms with van der Waals surface area (Å²) in [5.41, 5.74) is -0.0357. The molecule has 1 N–H and O–H groups in total. The van der Waals surface area contributed by atoms with E-state index in [1.54, 1.807) is 13.0 Å². The van der Waals surface area contributed by atoms with Crippen LogP contribution >= 0.6 is 0 Å². The van der Waals surface area contributed by atoms with Crippen LogP contribution in [0.4, 0.5) is 11.5 Å². The number of aryl methyl sites for hydroxylation is 1. The van der Waals surface area contributed by atoms with E-state index in [4.69, 9.17) is 4.74 Å². The van der Waals surface area contributed by atoms with Crippen LogP contribution in [-0.4, -0.2) is 27.2 Å². The molecule has 1 fully saturated rings. The number of aromatic nitrogens is 1. The van der Waals surface area contributed by atoms with Crippen LogP contribution in [0.25, 0.3) is 0 Å². The summed E-state index contributed by atoms with van der Waals surface area (Å²) in [6.07, 6.45) is 0.859. The zero-order valence-electron chi connectivity index (χ0n) is 12.6. The molecule has 20 heavy (non-hydrogen) atoms. The first-order valence-corrected chi connectivity index (χ1v) is 6.69. The molecule has 1 saturated heterocycles. The van der Waals surface area contributed by atoms with Gasteiger partial charge in [-0.15, -0.1) is 0 Å². The first-order valence-electron chi connectivity index (χ1n) is 6.69. The average Bonchev–Trinajstić information content (AvgIpc) is 2.45. The van der Waals surface area contributed by atoms with Crippen LogP contribution in [0.15, 0.2) is 12.1 Å². The van der Waals surface area contributed by atoms with Crippen molar-refractivity contribution in [1.29, 1.82) is 0 Å². The number of hydrogen-bond donors (Lipinski definition) is 1. The van der Waals surface area contributed by atoms with Crippen molar-refractivity contribution < 1.29 is 9.66 Å². The van der Waals surface area contributed by atoms with Crippen LogP contribution in [0.2, 0.25) is 0 Å². The van der Waals surface area contributed by atoms with E-state index in [2.05, 4.69) is 24.1 Å².